The Morgan fingerprint density at radius 3 is 2.62 bits per heavy atom. The Labute approximate surface area is 147 Å². The summed E-state index contributed by atoms with van der Waals surface area (Å²) in [6, 6.07) is 6.25. The molecule has 0 bridgehead atoms. The number of aryl methyl sites for hydroxylation is 2. The largest absolute Gasteiger partial charge is 0.313 e. The van der Waals surface area contributed by atoms with Gasteiger partial charge in [0.05, 0.1) is 20.9 Å². The molecule has 1 heterocycles. The van der Waals surface area contributed by atoms with Crippen LogP contribution in [0.15, 0.2) is 27.1 Å². The number of aromatic nitrogens is 2. The molecule has 1 aromatic heterocycles. The zero-order valence-electron chi connectivity index (χ0n) is 12.3. The second kappa shape index (κ2) is 7.27. The molecule has 1 atom stereocenters. The van der Waals surface area contributed by atoms with Crippen molar-refractivity contribution < 1.29 is 0 Å². The van der Waals surface area contributed by atoms with E-state index >= 15 is 0 Å². The number of benzene rings is 1. The minimum Gasteiger partial charge on any atom is -0.313 e. The van der Waals surface area contributed by atoms with Crippen LogP contribution in [-0.2, 0) is 19.9 Å². The highest BCUT2D eigenvalue weighted by Gasteiger charge is 2.18. The van der Waals surface area contributed by atoms with Gasteiger partial charge in [-0.1, -0.05) is 24.6 Å². The number of hydrogen-bond donors (Lipinski definition) is 1. The van der Waals surface area contributed by atoms with Crippen LogP contribution in [0.1, 0.15) is 29.9 Å². The molecule has 6 heteroatoms. The van der Waals surface area contributed by atoms with Gasteiger partial charge in [0.2, 0.25) is 0 Å². The van der Waals surface area contributed by atoms with Crippen LogP contribution in [0.25, 0.3) is 0 Å². The normalized spacial score (nSPS) is 12.7. The lowest BCUT2D eigenvalue weighted by Crippen LogP contribution is -2.20. The molecule has 1 aromatic carbocycles. The van der Waals surface area contributed by atoms with E-state index in [1.54, 1.807) is 0 Å². The lowest BCUT2D eigenvalue weighted by atomic mass is 10.0. The molecule has 1 unspecified atom stereocenters. The summed E-state index contributed by atoms with van der Waals surface area (Å²) in [4.78, 5) is 0. The van der Waals surface area contributed by atoms with Gasteiger partial charge in [-0.05, 0) is 63.0 Å². The number of nitrogens with one attached hydrogen (secondary N) is 1. The summed E-state index contributed by atoms with van der Waals surface area (Å²) in [5.41, 5.74) is 3.44. The molecule has 0 saturated carbocycles. The maximum atomic E-state index is 6.21. The molecule has 0 spiro atoms. The first-order valence-corrected chi connectivity index (χ1v) is 8.76. The molecule has 0 radical (unpaired) electrons. The van der Waals surface area contributed by atoms with E-state index < -0.39 is 0 Å². The van der Waals surface area contributed by atoms with Crippen LogP contribution < -0.4 is 5.32 Å². The fraction of sp³-hybridized carbons (Fsp3) is 0.400. The van der Waals surface area contributed by atoms with Crippen LogP contribution in [0.5, 0.6) is 0 Å². The Balaban J connectivity index is 2.31. The van der Waals surface area contributed by atoms with Crippen molar-refractivity contribution in [2.45, 2.75) is 25.8 Å². The van der Waals surface area contributed by atoms with Crippen LogP contribution in [0, 0.1) is 0 Å². The first kappa shape index (κ1) is 17.0. The quantitative estimate of drug-likeness (QED) is 0.740. The molecule has 0 saturated heterocycles. The third-order valence-electron chi connectivity index (χ3n) is 3.59. The monoisotopic (exact) mass is 433 g/mol. The maximum absolute atomic E-state index is 6.21. The molecular weight excluding hydrogens is 417 g/mol. The molecule has 2 rings (SSSR count). The summed E-state index contributed by atoms with van der Waals surface area (Å²) in [5, 5.41) is 8.64. The topological polar surface area (TPSA) is 29.9 Å². The fourth-order valence-electron chi connectivity index (χ4n) is 2.35. The predicted octanol–water partition coefficient (Wildman–Crippen LogP) is 4.66. The van der Waals surface area contributed by atoms with E-state index in [4.69, 9.17) is 11.6 Å². The molecule has 2 aromatic rings. The second-order valence-corrected chi connectivity index (χ2v) is 6.96. The van der Waals surface area contributed by atoms with Gasteiger partial charge in [-0.3, -0.25) is 4.68 Å². The molecular formula is C15H18Br2ClN3. The number of rotatable bonds is 5. The minimum absolute atomic E-state index is 0.187. The van der Waals surface area contributed by atoms with Gasteiger partial charge in [0.25, 0.3) is 0 Å². The van der Waals surface area contributed by atoms with Gasteiger partial charge in [0, 0.05) is 24.0 Å². The summed E-state index contributed by atoms with van der Waals surface area (Å²) in [7, 11) is 3.95. The van der Waals surface area contributed by atoms with Crippen LogP contribution >= 0.6 is 43.5 Å². The Morgan fingerprint density at radius 2 is 2.10 bits per heavy atom. The number of nitrogens with zero attached hydrogens (tertiary/aromatic N) is 2. The van der Waals surface area contributed by atoms with Crippen molar-refractivity contribution in [3.8, 4) is 0 Å². The van der Waals surface area contributed by atoms with Crippen molar-refractivity contribution in [2.75, 3.05) is 7.05 Å². The van der Waals surface area contributed by atoms with Crippen LogP contribution in [0.2, 0.25) is 5.02 Å². The van der Waals surface area contributed by atoms with Crippen molar-refractivity contribution >= 4 is 43.5 Å². The summed E-state index contributed by atoms with van der Waals surface area (Å²) in [6.07, 6.45) is 1.77. The molecule has 1 N–H and O–H groups in total. The predicted molar refractivity (Wildman–Crippen MR) is 94.9 cm³/mol. The smallest absolute Gasteiger partial charge is 0.0766 e. The number of hydrogen-bond acceptors (Lipinski definition) is 2. The van der Waals surface area contributed by atoms with Crippen LogP contribution in [0.3, 0.4) is 0 Å². The van der Waals surface area contributed by atoms with Crippen molar-refractivity contribution in [1.29, 1.82) is 0 Å². The van der Waals surface area contributed by atoms with Gasteiger partial charge in [0.1, 0.15) is 0 Å². The summed E-state index contributed by atoms with van der Waals surface area (Å²) in [5.74, 6) is 0. The molecule has 0 aliphatic heterocycles. The van der Waals surface area contributed by atoms with Gasteiger partial charge < -0.3 is 5.32 Å². The van der Waals surface area contributed by atoms with Crippen molar-refractivity contribution in [3.63, 3.8) is 0 Å². The van der Waals surface area contributed by atoms with E-state index in [9.17, 15) is 0 Å². The number of halogens is 3. The zero-order chi connectivity index (χ0) is 15.6. The molecule has 0 fully saturated rings. The van der Waals surface area contributed by atoms with E-state index in [-0.39, 0.29) is 6.04 Å². The highest BCUT2D eigenvalue weighted by atomic mass is 79.9. The SMILES string of the molecule is CCc1nn(C)c(CC(NC)c2ccc(Br)c(Cl)c2)c1Br. The summed E-state index contributed by atoms with van der Waals surface area (Å²) < 4.78 is 3.97. The summed E-state index contributed by atoms with van der Waals surface area (Å²) >= 11 is 13.3. The third kappa shape index (κ3) is 3.70. The standard InChI is InChI=1S/C15H18Br2ClN3/c1-4-12-15(17)14(21(3)20-12)8-13(19-2)9-5-6-10(16)11(18)7-9/h5-7,13,19H,4,8H2,1-3H3. The van der Waals surface area contributed by atoms with E-state index in [1.807, 2.05) is 30.9 Å². The molecule has 3 nitrogen and oxygen atoms in total. The molecule has 0 aliphatic carbocycles. The zero-order valence-corrected chi connectivity index (χ0v) is 16.2. The van der Waals surface area contributed by atoms with Crippen molar-refractivity contribution in [1.82, 2.24) is 15.1 Å². The summed E-state index contributed by atoms with van der Waals surface area (Å²) in [6.45, 7) is 2.11. The molecule has 0 amide bonds. The number of likely N-dealkylation sites (N-methyl/N-ethyl adjacent to an activating group) is 1. The molecule has 0 aliphatic rings. The van der Waals surface area contributed by atoms with E-state index in [0.717, 1.165) is 38.1 Å². The highest BCUT2D eigenvalue weighted by molar-refractivity contribution is 9.10. The Hall–Kier alpha value is -0.360. The third-order valence-corrected chi connectivity index (χ3v) is 5.74. The fourth-order valence-corrected chi connectivity index (χ4v) is 3.56. The maximum Gasteiger partial charge on any atom is 0.0766 e. The minimum atomic E-state index is 0.187. The van der Waals surface area contributed by atoms with Gasteiger partial charge in [-0.15, -0.1) is 0 Å². The molecule has 114 valence electrons. The van der Waals surface area contributed by atoms with E-state index in [2.05, 4.69) is 55.3 Å². The van der Waals surface area contributed by atoms with Crippen LogP contribution in [-0.4, -0.2) is 16.8 Å². The Kier molecular flexibility index (Phi) is 5.88. The van der Waals surface area contributed by atoms with Crippen LogP contribution in [0.4, 0.5) is 0 Å². The molecule has 21 heavy (non-hydrogen) atoms. The Bertz CT molecular complexity index is 640. The lowest BCUT2D eigenvalue weighted by molar-refractivity contribution is 0.560. The van der Waals surface area contributed by atoms with E-state index in [1.165, 1.54) is 5.69 Å². The van der Waals surface area contributed by atoms with Gasteiger partial charge in [-0.2, -0.15) is 5.10 Å². The van der Waals surface area contributed by atoms with Gasteiger partial charge in [0.15, 0.2) is 0 Å². The highest BCUT2D eigenvalue weighted by Crippen LogP contribution is 2.30. The Morgan fingerprint density at radius 1 is 1.38 bits per heavy atom. The first-order valence-electron chi connectivity index (χ1n) is 6.80. The van der Waals surface area contributed by atoms with Crippen molar-refractivity contribution in [2.24, 2.45) is 7.05 Å². The first-order chi connectivity index (χ1) is 9.97. The van der Waals surface area contributed by atoms with E-state index in [0.29, 0.717) is 0 Å². The second-order valence-electron chi connectivity index (χ2n) is 4.90. The lowest BCUT2D eigenvalue weighted by Gasteiger charge is -2.18. The average molecular weight is 436 g/mol. The van der Waals surface area contributed by atoms with Gasteiger partial charge >= 0.3 is 0 Å². The average Bonchev–Trinajstić information content (AvgIpc) is 2.74. The van der Waals surface area contributed by atoms with Gasteiger partial charge in [-0.25, -0.2) is 0 Å². The van der Waals surface area contributed by atoms with Crippen molar-refractivity contribution in [3.05, 3.63) is 49.1 Å².